The van der Waals surface area contributed by atoms with Crippen molar-refractivity contribution in [1.82, 2.24) is 20.4 Å². The zero-order valence-corrected chi connectivity index (χ0v) is 17.7. The lowest BCUT2D eigenvalue weighted by Gasteiger charge is -2.31. The Morgan fingerprint density at radius 1 is 1.10 bits per heavy atom. The van der Waals surface area contributed by atoms with Gasteiger partial charge in [0.15, 0.2) is 0 Å². The number of aliphatic hydroxyl groups is 1. The van der Waals surface area contributed by atoms with Gasteiger partial charge >= 0.3 is 0 Å². The van der Waals surface area contributed by atoms with Crippen molar-refractivity contribution in [2.24, 2.45) is 0 Å². The molecule has 0 radical (unpaired) electrons. The number of anilines is 3. The fourth-order valence-electron chi connectivity index (χ4n) is 2.91. The van der Waals surface area contributed by atoms with Crippen molar-refractivity contribution in [3.8, 4) is 0 Å². The van der Waals surface area contributed by atoms with Gasteiger partial charge in [0.05, 0.1) is 38.3 Å². The molecule has 1 aromatic heterocycles. The molecule has 0 saturated carbocycles. The minimum absolute atomic E-state index is 0.0391. The van der Waals surface area contributed by atoms with Crippen molar-refractivity contribution in [1.29, 1.82) is 0 Å². The van der Waals surface area contributed by atoms with Gasteiger partial charge in [-0.3, -0.25) is 15.2 Å². The first kappa shape index (κ1) is 21.8. The third-order valence-electron chi connectivity index (χ3n) is 4.59. The van der Waals surface area contributed by atoms with E-state index < -0.39 is 0 Å². The molecular weight excluding hydrogens is 398 g/mol. The first-order chi connectivity index (χ1) is 14.1. The van der Waals surface area contributed by atoms with Crippen molar-refractivity contribution >= 4 is 35.5 Å². The van der Waals surface area contributed by atoms with Gasteiger partial charge in [0.25, 0.3) is 11.9 Å². The molecule has 0 spiro atoms. The molecule has 2 aliphatic heterocycles. The van der Waals surface area contributed by atoms with Gasteiger partial charge in [0.2, 0.25) is 11.9 Å². The summed E-state index contributed by atoms with van der Waals surface area (Å²) in [5.41, 5.74) is 2.82. The van der Waals surface area contributed by atoms with Gasteiger partial charge in [-0.05, 0) is 6.92 Å². The van der Waals surface area contributed by atoms with Crippen LogP contribution in [0.15, 0.2) is 0 Å². The number of aromatic nitrogens is 3. The highest BCUT2D eigenvalue weighted by atomic mass is 32.2. The van der Waals surface area contributed by atoms with Gasteiger partial charge in [-0.1, -0.05) is 0 Å². The molecule has 162 valence electrons. The van der Waals surface area contributed by atoms with E-state index in [0.29, 0.717) is 76.2 Å². The van der Waals surface area contributed by atoms with Crippen LogP contribution >= 0.6 is 11.8 Å². The zero-order chi connectivity index (χ0) is 20.6. The van der Waals surface area contributed by atoms with E-state index in [9.17, 15) is 4.79 Å². The summed E-state index contributed by atoms with van der Waals surface area (Å²) in [6, 6.07) is 0. The molecule has 1 atom stereocenters. The maximum Gasteiger partial charge on any atom is 0.251 e. The molecule has 2 aliphatic rings. The van der Waals surface area contributed by atoms with Gasteiger partial charge < -0.3 is 24.4 Å². The van der Waals surface area contributed by atoms with Crippen LogP contribution in [0.2, 0.25) is 0 Å². The Labute approximate surface area is 174 Å². The van der Waals surface area contributed by atoms with Crippen LogP contribution in [0.4, 0.5) is 17.8 Å². The maximum absolute atomic E-state index is 12.4. The van der Waals surface area contributed by atoms with E-state index in [2.05, 4.69) is 30.2 Å². The number of amides is 1. The van der Waals surface area contributed by atoms with E-state index in [1.54, 1.807) is 14.0 Å². The summed E-state index contributed by atoms with van der Waals surface area (Å²) in [4.78, 5) is 30.4. The Hall–Kier alpha value is -1.89. The second kappa shape index (κ2) is 10.8. The van der Waals surface area contributed by atoms with E-state index in [-0.39, 0.29) is 17.8 Å². The third-order valence-corrected chi connectivity index (χ3v) is 5.73. The van der Waals surface area contributed by atoms with E-state index in [1.807, 2.05) is 0 Å². The number of thioether (sulfide) groups is 1. The van der Waals surface area contributed by atoms with Crippen LogP contribution in [0, 0.1) is 0 Å². The fourth-order valence-corrected chi connectivity index (χ4v) is 3.58. The number of hydrogen-bond acceptors (Lipinski definition) is 11. The number of hydrazine groups is 1. The number of hydrogen-bond donors (Lipinski definition) is 2. The monoisotopic (exact) mass is 427 g/mol. The minimum Gasteiger partial charge on any atom is -0.396 e. The molecule has 29 heavy (non-hydrogen) atoms. The normalized spacial score (nSPS) is 18.4. The van der Waals surface area contributed by atoms with E-state index in [0.717, 1.165) is 0 Å². The predicted molar refractivity (Wildman–Crippen MR) is 111 cm³/mol. The zero-order valence-electron chi connectivity index (χ0n) is 16.9. The van der Waals surface area contributed by atoms with E-state index in [1.165, 1.54) is 16.8 Å². The molecule has 0 aromatic carbocycles. The van der Waals surface area contributed by atoms with E-state index in [4.69, 9.17) is 14.6 Å². The summed E-state index contributed by atoms with van der Waals surface area (Å²) in [5.74, 6) is 1.85. The number of morpholine rings is 2. The maximum atomic E-state index is 12.4. The Bertz CT molecular complexity index is 635. The number of carbonyl (C=O) groups excluding carboxylic acids is 1. The van der Waals surface area contributed by atoms with Crippen LogP contribution in [0.25, 0.3) is 0 Å². The topological polar surface area (TPSA) is 116 Å². The van der Waals surface area contributed by atoms with Gasteiger partial charge in [-0.25, -0.2) is 0 Å². The van der Waals surface area contributed by atoms with Crippen LogP contribution in [0.3, 0.4) is 0 Å². The average molecular weight is 428 g/mol. The number of carbonyl (C=O) groups is 1. The molecule has 2 saturated heterocycles. The molecule has 0 aliphatic carbocycles. The van der Waals surface area contributed by atoms with Gasteiger partial charge in [0.1, 0.15) is 0 Å². The van der Waals surface area contributed by atoms with Gasteiger partial charge in [-0.2, -0.15) is 15.0 Å². The lowest BCUT2D eigenvalue weighted by molar-refractivity contribution is -0.120. The average Bonchev–Trinajstić information content (AvgIpc) is 2.78. The molecule has 12 heteroatoms. The first-order valence-electron chi connectivity index (χ1n) is 9.76. The molecule has 11 nitrogen and oxygen atoms in total. The van der Waals surface area contributed by atoms with Crippen LogP contribution < -0.4 is 20.2 Å². The SMILES string of the molecule is C[C@H](SCCO)C(=O)NN(C)c1nc(N2CCOCC2)nc(N2CCOCC2)n1. The number of nitrogens with one attached hydrogen (secondary N) is 1. The molecule has 3 rings (SSSR count). The predicted octanol–water partition coefficient (Wildman–Crippen LogP) is -0.874. The van der Waals surface area contributed by atoms with Crippen molar-refractivity contribution in [3.05, 3.63) is 0 Å². The number of ether oxygens (including phenoxy) is 2. The third kappa shape index (κ3) is 6.04. The standard InChI is InChI=1S/C17H29N7O4S/c1-13(29-12-7-25)14(26)21-22(2)15-18-16(23-3-8-27-9-4-23)20-17(19-15)24-5-10-28-11-6-24/h13,25H,3-12H2,1-2H3,(H,21,26)/t13-/m0/s1. The van der Waals surface area contributed by atoms with Crippen molar-refractivity contribution in [2.45, 2.75) is 12.2 Å². The Kier molecular flexibility index (Phi) is 8.09. The highest BCUT2D eigenvalue weighted by molar-refractivity contribution is 8.00. The number of aliphatic hydroxyl groups excluding tert-OH is 1. The van der Waals surface area contributed by atoms with Crippen LogP contribution in [-0.4, -0.2) is 103 Å². The quantitative estimate of drug-likeness (QED) is 0.504. The lowest BCUT2D eigenvalue weighted by atomic mass is 10.4. The highest BCUT2D eigenvalue weighted by Crippen LogP contribution is 2.20. The second-order valence-electron chi connectivity index (χ2n) is 6.71. The van der Waals surface area contributed by atoms with Crippen molar-refractivity contribution in [2.75, 3.05) is 86.8 Å². The summed E-state index contributed by atoms with van der Waals surface area (Å²) in [6.45, 7) is 7.16. The van der Waals surface area contributed by atoms with Gasteiger partial charge in [0, 0.05) is 39.0 Å². The number of rotatable bonds is 8. The number of nitrogens with zero attached hydrogens (tertiary/aromatic N) is 6. The summed E-state index contributed by atoms with van der Waals surface area (Å²) in [6.07, 6.45) is 0. The molecule has 1 aromatic rings. The second-order valence-corrected chi connectivity index (χ2v) is 8.15. The van der Waals surface area contributed by atoms with Crippen LogP contribution in [0.5, 0.6) is 0 Å². The summed E-state index contributed by atoms with van der Waals surface area (Å²) in [5, 5.41) is 10.2. The first-order valence-corrected chi connectivity index (χ1v) is 10.8. The van der Waals surface area contributed by atoms with Crippen LogP contribution in [0.1, 0.15) is 6.92 Å². The summed E-state index contributed by atoms with van der Waals surface area (Å²) >= 11 is 1.39. The Morgan fingerprint density at radius 3 is 2.10 bits per heavy atom. The van der Waals surface area contributed by atoms with Crippen molar-refractivity contribution in [3.63, 3.8) is 0 Å². The Balaban J connectivity index is 1.78. The highest BCUT2D eigenvalue weighted by Gasteiger charge is 2.23. The van der Waals surface area contributed by atoms with E-state index >= 15 is 0 Å². The smallest absolute Gasteiger partial charge is 0.251 e. The molecule has 2 fully saturated rings. The minimum atomic E-state index is -0.302. The molecule has 3 heterocycles. The summed E-state index contributed by atoms with van der Waals surface area (Å²) < 4.78 is 10.9. The molecule has 1 amide bonds. The van der Waals surface area contributed by atoms with Crippen LogP contribution in [-0.2, 0) is 14.3 Å². The summed E-state index contributed by atoms with van der Waals surface area (Å²) in [7, 11) is 1.71. The lowest BCUT2D eigenvalue weighted by Crippen LogP contribution is -2.45. The largest absolute Gasteiger partial charge is 0.396 e. The molecule has 2 N–H and O–H groups in total. The molecule has 0 bridgehead atoms. The Morgan fingerprint density at radius 2 is 1.62 bits per heavy atom. The van der Waals surface area contributed by atoms with Gasteiger partial charge in [-0.15, -0.1) is 11.8 Å². The van der Waals surface area contributed by atoms with Crippen molar-refractivity contribution < 1.29 is 19.4 Å². The molecular formula is C17H29N7O4S. The fraction of sp³-hybridized carbons (Fsp3) is 0.765. The molecule has 0 unspecified atom stereocenters.